The van der Waals surface area contributed by atoms with Crippen LogP contribution in [0.1, 0.15) is 25.3 Å². The van der Waals surface area contributed by atoms with Gasteiger partial charge in [-0.25, -0.2) is 8.42 Å². The van der Waals surface area contributed by atoms with Gasteiger partial charge in [-0.3, -0.25) is 9.59 Å². The number of benzene rings is 2. The van der Waals surface area contributed by atoms with Gasteiger partial charge < -0.3 is 9.64 Å². The fraction of sp³-hybridized carbons (Fsp3) is 0.391. The van der Waals surface area contributed by atoms with Crippen LogP contribution in [-0.2, 0) is 30.8 Å². The molecule has 3 rings (SSSR count). The lowest BCUT2D eigenvalue weighted by Crippen LogP contribution is -2.52. The molecule has 2 aromatic rings. The van der Waals surface area contributed by atoms with Crippen molar-refractivity contribution >= 4 is 21.9 Å². The number of likely N-dealkylation sites (tertiary alicyclic amines) is 1. The normalized spacial score (nSPS) is 16.0. The lowest BCUT2D eigenvalue weighted by atomic mass is 9.96. The predicted octanol–water partition coefficient (Wildman–Crippen LogP) is 2.38. The molecule has 8 heteroatoms. The minimum Gasteiger partial charge on any atom is -0.466 e. The van der Waals surface area contributed by atoms with Gasteiger partial charge >= 0.3 is 5.97 Å². The van der Waals surface area contributed by atoms with Crippen LogP contribution in [0.4, 0.5) is 0 Å². The molecule has 0 aromatic heterocycles. The lowest BCUT2D eigenvalue weighted by molar-refractivity contribution is -0.151. The zero-order valence-corrected chi connectivity index (χ0v) is 18.4. The summed E-state index contributed by atoms with van der Waals surface area (Å²) in [6, 6.07) is 16.4. The molecule has 1 fully saturated rings. The van der Waals surface area contributed by atoms with Gasteiger partial charge in [-0.2, -0.15) is 4.72 Å². The number of amides is 1. The first-order valence-corrected chi connectivity index (χ1v) is 12.0. The molecule has 0 radical (unpaired) electrons. The summed E-state index contributed by atoms with van der Waals surface area (Å²) in [6.07, 6.45) is 1.26. The molecule has 1 N–H and O–H groups in total. The lowest BCUT2D eigenvalue weighted by Gasteiger charge is -2.33. The molecule has 1 atom stereocenters. The van der Waals surface area contributed by atoms with Gasteiger partial charge in [0, 0.05) is 13.1 Å². The topological polar surface area (TPSA) is 92.8 Å². The molecule has 31 heavy (non-hydrogen) atoms. The summed E-state index contributed by atoms with van der Waals surface area (Å²) >= 11 is 0. The van der Waals surface area contributed by atoms with E-state index in [0.29, 0.717) is 32.5 Å². The van der Waals surface area contributed by atoms with E-state index < -0.39 is 16.1 Å². The molecule has 2 aromatic carbocycles. The molecule has 0 aliphatic carbocycles. The summed E-state index contributed by atoms with van der Waals surface area (Å²) in [4.78, 5) is 27.0. The smallest absolute Gasteiger partial charge is 0.309 e. The van der Waals surface area contributed by atoms with Gasteiger partial charge in [-0.1, -0.05) is 48.5 Å². The SMILES string of the molecule is CCOC(=O)C1CCN(C(=O)[C@H](Cc2ccccc2)NS(=O)(=O)c2ccccc2)CC1. The Bertz CT molecular complexity index is 972. The standard InChI is InChI=1S/C23H28N2O5S/c1-2-30-23(27)19-13-15-25(16-14-19)22(26)21(17-18-9-5-3-6-10-18)24-31(28,29)20-11-7-4-8-12-20/h3-12,19,21,24H,2,13-17H2,1H3/t21-/m0/s1. The van der Waals surface area contributed by atoms with Crippen molar-refractivity contribution in [3.63, 3.8) is 0 Å². The molecule has 0 saturated carbocycles. The van der Waals surface area contributed by atoms with E-state index in [-0.39, 0.29) is 29.1 Å². The van der Waals surface area contributed by atoms with Crippen molar-refractivity contribution in [3.05, 3.63) is 66.2 Å². The second kappa shape index (κ2) is 10.5. The molecule has 1 aliphatic rings. The van der Waals surface area contributed by atoms with Crippen molar-refractivity contribution in [2.75, 3.05) is 19.7 Å². The molecular formula is C23H28N2O5S. The third-order valence-electron chi connectivity index (χ3n) is 5.36. The van der Waals surface area contributed by atoms with Crippen molar-refractivity contribution in [2.45, 2.75) is 37.1 Å². The van der Waals surface area contributed by atoms with Crippen LogP contribution in [0.2, 0.25) is 0 Å². The monoisotopic (exact) mass is 444 g/mol. The van der Waals surface area contributed by atoms with Crippen LogP contribution < -0.4 is 4.72 Å². The number of carbonyl (C=O) groups excluding carboxylic acids is 2. The highest BCUT2D eigenvalue weighted by atomic mass is 32.2. The number of sulfonamides is 1. The second-order valence-electron chi connectivity index (χ2n) is 7.53. The maximum atomic E-state index is 13.3. The number of esters is 1. The summed E-state index contributed by atoms with van der Waals surface area (Å²) in [5, 5.41) is 0. The van der Waals surface area contributed by atoms with Crippen LogP contribution in [0.3, 0.4) is 0 Å². The van der Waals surface area contributed by atoms with Gasteiger partial charge in [-0.05, 0) is 43.9 Å². The van der Waals surface area contributed by atoms with Crippen molar-refractivity contribution < 1.29 is 22.7 Å². The number of ether oxygens (including phenoxy) is 1. The Balaban J connectivity index is 1.75. The van der Waals surface area contributed by atoms with Crippen molar-refractivity contribution in [1.82, 2.24) is 9.62 Å². The number of nitrogens with one attached hydrogen (secondary N) is 1. The minimum atomic E-state index is -3.87. The average Bonchev–Trinajstić information content (AvgIpc) is 2.79. The molecule has 0 spiro atoms. The number of carbonyl (C=O) groups is 2. The Morgan fingerprint density at radius 3 is 2.19 bits per heavy atom. The maximum absolute atomic E-state index is 13.3. The first-order chi connectivity index (χ1) is 14.9. The van der Waals surface area contributed by atoms with E-state index >= 15 is 0 Å². The number of rotatable bonds is 8. The number of piperidine rings is 1. The summed E-state index contributed by atoms with van der Waals surface area (Å²) in [5.41, 5.74) is 0.859. The quantitative estimate of drug-likeness (QED) is 0.631. The fourth-order valence-electron chi connectivity index (χ4n) is 3.70. The van der Waals surface area contributed by atoms with E-state index in [1.807, 2.05) is 30.3 Å². The third-order valence-corrected chi connectivity index (χ3v) is 6.85. The van der Waals surface area contributed by atoms with E-state index in [0.717, 1.165) is 5.56 Å². The van der Waals surface area contributed by atoms with Crippen LogP contribution in [0, 0.1) is 5.92 Å². The molecule has 0 bridgehead atoms. The van der Waals surface area contributed by atoms with E-state index in [2.05, 4.69) is 4.72 Å². The van der Waals surface area contributed by atoms with Gasteiger partial charge in [-0.15, -0.1) is 0 Å². The van der Waals surface area contributed by atoms with Crippen LogP contribution in [0.5, 0.6) is 0 Å². The molecule has 166 valence electrons. The second-order valence-corrected chi connectivity index (χ2v) is 9.24. The van der Waals surface area contributed by atoms with Crippen molar-refractivity contribution in [3.8, 4) is 0 Å². The zero-order chi connectivity index (χ0) is 22.3. The molecule has 1 saturated heterocycles. The van der Waals surface area contributed by atoms with E-state index in [1.54, 1.807) is 30.0 Å². The number of nitrogens with zero attached hydrogens (tertiary/aromatic N) is 1. The zero-order valence-electron chi connectivity index (χ0n) is 17.6. The van der Waals surface area contributed by atoms with Crippen molar-refractivity contribution in [1.29, 1.82) is 0 Å². The van der Waals surface area contributed by atoms with Crippen molar-refractivity contribution in [2.24, 2.45) is 5.92 Å². The number of hydrogen-bond acceptors (Lipinski definition) is 5. The van der Waals surface area contributed by atoms with Gasteiger partial charge in [0.25, 0.3) is 0 Å². The molecular weight excluding hydrogens is 416 g/mol. The average molecular weight is 445 g/mol. The van der Waals surface area contributed by atoms with E-state index in [1.165, 1.54) is 12.1 Å². The van der Waals surface area contributed by atoms with Gasteiger partial charge in [0.15, 0.2) is 0 Å². The molecule has 0 unspecified atom stereocenters. The Morgan fingerprint density at radius 2 is 1.61 bits per heavy atom. The van der Waals surface area contributed by atoms with Crippen LogP contribution in [-0.4, -0.2) is 50.9 Å². The highest BCUT2D eigenvalue weighted by Gasteiger charge is 2.33. The molecule has 1 aliphatic heterocycles. The first kappa shape index (κ1) is 23.0. The Hall–Kier alpha value is -2.71. The Kier molecular flexibility index (Phi) is 7.81. The maximum Gasteiger partial charge on any atom is 0.309 e. The van der Waals surface area contributed by atoms with Gasteiger partial charge in [0.05, 0.1) is 17.4 Å². The first-order valence-electron chi connectivity index (χ1n) is 10.5. The van der Waals surface area contributed by atoms with Crippen LogP contribution in [0.25, 0.3) is 0 Å². The highest BCUT2D eigenvalue weighted by molar-refractivity contribution is 7.89. The fourth-order valence-corrected chi connectivity index (χ4v) is 4.91. The van der Waals surface area contributed by atoms with Gasteiger partial charge in [0.1, 0.15) is 6.04 Å². The largest absolute Gasteiger partial charge is 0.466 e. The summed E-state index contributed by atoms with van der Waals surface area (Å²) in [5.74, 6) is -0.747. The molecule has 7 nitrogen and oxygen atoms in total. The van der Waals surface area contributed by atoms with Crippen LogP contribution >= 0.6 is 0 Å². The third kappa shape index (κ3) is 6.15. The Morgan fingerprint density at radius 1 is 1.03 bits per heavy atom. The molecule has 1 heterocycles. The van der Waals surface area contributed by atoms with E-state index in [4.69, 9.17) is 4.74 Å². The molecule has 1 amide bonds. The predicted molar refractivity (Wildman–Crippen MR) is 117 cm³/mol. The summed E-state index contributed by atoms with van der Waals surface area (Å²) in [7, 11) is -3.87. The Labute approximate surface area is 183 Å². The van der Waals surface area contributed by atoms with E-state index in [9.17, 15) is 18.0 Å². The highest BCUT2D eigenvalue weighted by Crippen LogP contribution is 2.21. The number of hydrogen-bond donors (Lipinski definition) is 1. The summed E-state index contributed by atoms with van der Waals surface area (Å²) < 4.78 is 33.5. The minimum absolute atomic E-state index is 0.113. The summed E-state index contributed by atoms with van der Waals surface area (Å²) in [6.45, 7) is 2.88. The van der Waals surface area contributed by atoms with Gasteiger partial charge in [0.2, 0.25) is 15.9 Å². The van der Waals surface area contributed by atoms with Crippen LogP contribution in [0.15, 0.2) is 65.6 Å².